The number of hydrogen-bond acceptors (Lipinski definition) is 3. The second kappa shape index (κ2) is 9.48. The molecule has 166 valence electrons. The van der Waals surface area contributed by atoms with Crippen LogP contribution in [0, 0.1) is 12.7 Å². The topological polar surface area (TPSA) is 67.4 Å². The molecule has 0 bridgehead atoms. The van der Waals surface area contributed by atoms with Crippen LogP contribution in [-0.4, -0.2) is 11.9 Å². The molecule has 8 heteroatoms. The average molecular weight is 483 g/mol. The molecule has 0 aromatic heterocycles. The Bertz CT molecular complexity index is 1370. The molecule has 0 aliphatic rings. The summed E-state index contributed by atoms with van der Waals surface area (Å²) >= 11 is 12.1. The largest absolute Gasteiger partial charge is 0.456 e. The number of benzene rings is 4. The summed E-state index contributed by atoms with van der Waals surface area (Å²) in [5, 5.41) is 6.90. The number of anilines is 1. The molecule has 4 rings (SSSR count). The number of carbonyl (C=O) groups excluding carboxylic acids is 2. The van der Waals surface area contributed by atoms with Crippen molar-refractivity contribution in [3.8, 4) is 11.5 Å². The third-order valence-electron chi connectivity index (χ3n) is 4.90. The molecule has 0 saturated heterocycles. The van der Waals surface area contributed by atoms with E-state index < -0.39 is 23.3 Å². The number of aryl methyl sites for hydroxylation is 1. The standard InChI is InChI=1S/C25H17Cl2FN2O3/c1-14-13-15(29-25(32)30-24(31)23-19(27)7-4-8-20(23)28)9-11-21(14)33-22-12-10-18(26)16-5-2-3-6-17(16)22/h2-13H,1H3,(H2,29,30,31,32). The first-order valence-corrected chi connectivity index (χ1v) is 10.6. The molecule has 0 unspecified atom stereocenters. The van der Waals surface area contributed by atoms with Crippen molar-refractivity contribution in [2.45, 2.75) is 6.92 Å². The molecular formula is C25H17Cl2FN2O3. The third-order valence-corrected chi connectivity index (χ3v) is 5.55. The highest BCUT2D eigenvalue weighted by atomic mass is 35.5. The van der Waals surface area contributed by atoms with Gasteiger partial charge in [-0.1, -0.05) is 53.5 Å². The number of ether oxygens (including phenoxy) is 1. The van der Waals surface area contributed by atoms with Crippen LogP contribution in [0.15, 0.2) is 72.8 Å². The van der Waals surface area contributed by atoms with Crippen molar-refractivity contribution in [1.29, 1.82) is 0 Å². The molecule has 0 radical (unpaired) electrons. The van der Waals surface area contributed by atoms with Crippen LogP contribution in [0.1, 0.15) is 15.9 Å². The Balaban J connectivity index is 1.48. The summed E-state index contributed by atoms with van der Waals surface area (Å²) in [6.45, 7) is 1.82. The molecule has 0 aliphatic heterocycles. The minimum Gasteiger partial charge on any atom is -0.456 e. The summed E-state index contributed by atoms with van der Waals surface area (Å²) in [6, 6.07) is 19.2. The number of fused-ring (bicyclic) bond motifs is 1. The van der Waals surface area contributed by atoms with Crippen LogP contribution in [0.5, 0.6) is 11.5 Å². The maximum absolute atomic E-state index is 13.9. The van der Waals surface area contributed by atoms with Gasteiger partial charge in [0.15, 0.2) is 0 Å². The lowest BCUT2D eigenvalue weighted by Gasteiger charge is -2.14. The molecule has 4 aromatic carbocycles. The third kappa shape index (κ3) is 4.92. The number of hydrogen-bond donors (Lipinski definition) is 2. The second-order valence-corrected chi connectivity index (χ2v) is 7.99. The molecule has 4 aromatic rings. The summed E-state index contributed by atoms with van der Waals surface area (Å²) in [4.78, 5) is 24.4. The van der Waals surface area contributed by atoms with E-state index in [0.29, 0.717) is 22.2 Å². The van der Waals surface area contributed by atoms with Crippen molar-refractivity contribution >= 4 is 51.6 Å². The van der Waals surface area contributed by atoms with Crippen LogP contribution in [-0.2, 0) is 0 Å². The summed E-state index contributed by atoms with van der Waals surface area (Å²) in [7, 11) is 0. The molecule has 33 heavy (non-hydrogen) atoms. The number of nitrogens with one attached hydrogen (secondary N) is 2. The van der Waals surface area contributed by atoms with Gasteiger partial charge in [0.25, 0.3) is 5.91 Å². The zero-order valence-corrected chi connectivity index (χ0v) is 18.8. The highest BCUT2D eigenvalue weighted by molar-refractivity contribution is 6.35. The van der Waals surface area contributed by atoms with Gasteiger partial charge in [0.1, 0.15) is 17.3 Å². The monoisotopic (exact) mass is 482 g/mol. The van der Waals surface area contributed by atoms with Crippen molar-refractivity contribution < 1.29 is 18.7 Å². The number of amides is 3. The van der Waals surface area contributed by atoms with Gasteiger partial charge in [0.2, 0.25) is 0 Å². The number of halogens is 3. The quantitative estimate of drug-likeness (QED) is 0.319. The lowest BCUT2D eigenvalue weighted by Crippen LogP contribution is -2.35. The Morgan fingerprint density at radius 2 is 1.58 bits per heavy atom. The lowest BCUT2D eigenvalue weighted by molar-refractivity contribution is 0.0963. The van der Waals surface area contributed by atoms with E-state index >= 15 is 0 Å². The van der Waals surface area contributed by atoms with Crippen LogP contribution in [0.2, 0.25) is 10.0 Å². The maximum atomic E-state index is 13.9. The molecule has 0 aliphatic carbocycles. The summed E-state index contributed by atoms with van der Waals surface area (Å²) in [5.74, 6) is -0.534. The Morgan fingerprint density at radius 3 is 2.30 bits per heavy atom. The first kappa shape index (κ1) is 22.6. The number of carbonyl (C=O) groups is 2. The van der Waals surface area contributed by atoms with E-state index in [1.165, 1.54) is 12.1 Å². The van der Waals surface area contributed by atoms with Gasteiger partial charge in [-0.05, 0) is 55.0 Å². The van der Waals surface area contributed by atoms with E-state index in [0.717, 1.165) is 22.4 Å². The fraction of sp³-hybridized carbons (Fsp3) is 0.0400. The normalized spacial score (nSPS) is 10.7. The number of imide groups is 1. The van der Waals surface area contributed by atoms with Gasteiger partial charge in [-0.25, -0.2) is 9.18 Å². The smallest absolute Gasteiger partial charge is 0.326 e. The van der Waals surface area contributed by atoms with E-state index in [9.17, 15) is 14.0 Å². The molecule has 0 spiro atoms. The zero-order valence-electron chi connectivity index (χ0n) is 17.3. The van der Waals surface area contributed by atoms with Crippen molar-refractivity contribution in [1.82, 2.24) is 5.32 Å². The predicted molar refractivity (Wildman–Crippen MR) is 128 cm³/mol. The summed E-state index contributed by atoms with van der Waals surface area (Å²) in [5.41, 5.74) is 0.769. The van der Waals surface area contributed by atoms with Crippen molar-refractivity contribution in [3.05, 3.63) is 99.8 Å². The van der Waals surface area contributed by atoms with Crippen LogP contribution in [0.25, 0.3) is 10.8 Å². The van der Waals surface area contributed by atoms with Gasteiger partial charge in [0, 0.05) is 21.5 Å². The first-order chi connectivity index (χ1) is 15.8. The number of rotatable bonds is 4. The highest BCUT2D eigenvalue weighted by Crippen LogP contribution is 2.35. The average Bonchev–Trinajstić information content (AvgIpc) is 2.77. The van der Waals surface area contributed by atoms with Crippen molar-refractivity contribution in [2.75, 3.05) is 5.32 Å². The molecular weight excluding hydrogens is 466 g/mol. The van der Waals surface area contributed by atoms with Gasteiger partial charge in [-0.3, -0.25) is 10.1 Å². The fourth-order valence-corrected chi connectivity index (χ4v) is 3.80. The summed E-state index contributed by atoms with van der Waals surface area (Å²) < 4.78 is 20.0. The van der Waals surface area contributed by atoms with Gasteiger partial charge in [-0.2, -0.15) is 0 Å². The van der Waals surface area contributed by atoms with Crippen molar-refractivity contribution in [3.63, 3.8) is 0 Å². The fourth-order valence-electron chi connectivity index (χ4n) is 3.33. The Labute approximate surface area is 199 Å². The molecule has 2 N–H and O–H groups in total. The summed E-state index contributed by atoms with van der Waals surface area (Å²) in [6.07, 6.45) is 0. The van der Waals surface area contributed by atoms with Crippen molar-refractivity contribution in [2.24, 2.45) is 0 Å². The molecule has 0 fully saturated rings. The van der Waals surface area contributed by atoms with Crippen LogP contribution in [0.3, 0.4) is 0 Å². The zero-order chi connectivity index (χ0) is 23.5. The van der Waals surface area contributed by atoms with Gasteiger partial charge in [0.05, 0.1) is 10.6 Å². The maximum Gasteiger partial charge on any atom is 0.326 e. The molecule has 0 saturated carbocycles. The van der Waals surface area contributed by atoms with Crippen LogP contribution < -0.4 is 15.4 Å². The van der Waals surface area contributed by atoms with E-state index in [1.54, 1.807) is 30.3 Å². The predicted octanol–water partition coefficient (Wildman–Crippen LogP) is 7.35. The molecule has 0 atom stereocenters. The van der Waals surface area contributed by atoms with Gasteiger partial charge < -0.3 is 10.1 Å². The molecule has 3 amide bonds. The van der Waals surface area contributed by atoms with Gasteiger partial charge in [-0.15, -0.1) is 0 Å². The highest BCUT2D eigenvalue weighted by Gasteiger charge is 2.18. The van der Waals surface area contributed by atoms with Crippen LogP contribution >= 0.6 is 23.2 Å². The van der Waals surface area contributed by atoms with Gasteiger partial charge >= 0.3 is 6.03 Å². The van der Waals surface area contributed by atoms with E-state index in [4.69, 9.17) is 27.9 Å². The molecule has 0 heterocycles. The Morgan fingerprint density at radius 1 is 0.848 bits per heavy atom. The minimum absolute atomic E-state index is 0.0904. The van der Waals surface area contributed by atoms with E-state index in [-0.39, 0.29) is 5.02 Å². The molecule has 5 nitrogen and oxygen atoms in total. The Hall–Kier alpha value is -3.61. The Kier molecular flexibility index (Phi) is 6.49. The number of urea groups is 1. The van der Waals surface area contributed by atoms with E-state index in [2.05, 4.69) is 10.6 Å². The lowest BCUT2D eigenvalue weighted by atomic mass is 10.1. The van der Waals surface area contributed by atoms with E-state index in [1.807, 2.05) is 31.2 Å². The SMILES string of the molecule is Cc1cc(NC(=O)NC(=O)c2c(F)cccc2Cl)ccc1Oc1ccc(Cl)c2ccccc12. The minimum atomic E-state index is -0.943. The van der Waals surface area contributed by atoms with Crippen LogP contribution in [0.4, 0.5) is 14.9 Å². The second-order valence-electron chi connectivity index (χ2n) is 7.18. The first-order valence-electron chi connectivity index (χ1n) is 9.85.